The Morgan fingerprint density at radius 2 is 1.10 bits per heavy atom. The van der Waals surface area contributed by atoms with Crippen molar-refractivity contribution in [2.45, 2.75) is 130 Å². The van der Waals surface area contributed by atoms with Gasteiger partial charge < -0.3 is 77.9 Å². The number of hydrogen-bond donors (Lipinski definition) is 3. The zero-order valence-electron chi connectivity index (χ0n) is 59.7. The molecule has 0 radical (unpaired) electrons. The second kappa shape index (κ2) is 41.2. The molecule has 27 nitrogen and oxygen atoms in total. The summed E-state index contributed by atoms with van der Waals surface area (Å²) in [4.78, 5) is 118. The van der Waals surface area contributed by atoms with Gasteiger partial charge in [-0.15, -0.1) is 0 Å². The largest absolute Gasteiger partial charge is 0.493 e. The second-order valence-electron chi connectivity index (χ2n) is 26.4. The Bertz CT molecular complexity index is 3500. The second-order valence-corrected chi connectivity index (χ2v) is 26.4. The number of likely N-dealkylation sites (tertiary alicyclic amines) is 1. The highest BCUT2D eigenvalue weighted by Crippen LogP contribution is 2.45. The minimum Gasteiger partial charge on any atom is -0.493 e. The molecular weight excluding hydrogens is 1330 g/mol. The number of ketones is 1. The lowest BCUT2D eigenvalue weighted by Gasteiger charge is -2.23. The number of rotatable bonds is 47. The molecule has 0 bridgehead atoms. The van der Waals surface area contributed by atoms with Crippen LogP contribution in [0.1, 0.15) is 138 Å². The van der Waals surface area contributed by atoms with Crippen molar-refractivity contribution in [3.8, 4) is 23.0 Å². The molecule has 1 saturated heterocycles. The number of imide groups is 1. The van der Waals surface area contributed by atoms with E-state index in [2.05, 4.69) is 16.0 Å². The van der Waals surface area contributed by atoms with Gasteiger partial charge in [0.1, 0.15) is 0 Å². The zero-order chi connectivity index (χ0) is 72.3. The van der Waals surface area contributed by atoms with Crippen LogP contribution in [0.3, 0.4) is 0 Å². The number of ether oxygens (including phenoxy) is 11. The molecule has 0 aromatic heterocycles. The fraction of sp³-hybridized carbons (Fsp3) is 0.579. The number of benzene rings is 3. The number of nitrogens with one attached hydrogen (secondary N) is 3. The summed E-state index contributed by atoms with van der Waals surface area (Å²) < 4.78 is 62.5. The van der Waals surface area contributed by atoms with Gasteiger partial charge in [0.05, 0.1) is 154 Å². The summed E-state index contributed by atoms with van der Waals surface area (Å²) >= 11 is 0. The van der Waals surface area contributed by atoms with Gasteiger partial charge in [0, 0.05) is 113 Å². The predicted octanol–water partition coefficient (Wildman–Crippen LogP) is 8.64. The molecule has 5 atom stereocenters. The molecule has 5 heterocycles. The molecule has 3 N–H and O–H groups in total. The molecular formula is C76H104N8O19. The van der Waals surface area contributed by atoms with E-state index in [0.717, 1.165) is 35.3 Å². The van der Waals surface area contributed by atoms with Crippen molar-refractivity contribution in [3.63, 3.8) is 0 Å². The standard InChI is InChI=1S/C75H100N8O19.CH4/c1-49(2)71(80-69(86)11-8-7-9-21-94-25-27-96-29-31-98-33-35-100-36-34-99-32-30-97-28-26-95-24-19-76-68(85)18-20-81-70(87)38-51(4)73(81)89)63(84)37-50(3)72(88)79-56-16-14-53(15-17-56)55-40-58-46-78-62-44-67(65(93-6)42-60(62)75(91)83(58)48-55)102-23-10-22-101-66-43-61-59(41-64(66)92-5)74(90)82-47-54(52-12-13-52)39-57(82)45-77-61;/h14-17,41-52,57-58,71H,7-13,18-40H2,1-6H3,(H,76,85)(H,79,88)(H,80,86);1H4/t50-,51?,57+,58+,71?;/m1./s1. The van der Waals surface area contributed by atoms with Crippen LogP contribution in [0.5, 0.6) is 23.0 Å². The average molecular weight is 1430 g/mol. The Morgan fingerprint density at radius 1 is 0.573 bits per heavy atom. The lowest BCUT2D eigenvalue weighted by atomic mass is 9.92. The number of nitrogens with zero attached hydrogens (tertiary/aromatic N) is 5. The molecule has 27 heteroatoms. The molecule has 3 aromatic carbocycles. The Labute approximate surface area is 604 Å². The molecule has 1 saturated carbocycles. The molecule has 5 aliphatic heterocycles. The number of aliphatic imine (C=N–C) groups is 2. The SMILES string of the molecule is C.COc1cc2c(cc1OCCCOc1cc3c(cc1OC)C(=O)N1C=C(C4CC4)C[C@H]1C=N3)N=C[C@@H]1CC(c3ccc(NC(=O)[C@H](C)CC(=O)C(NC(=O)CCCCCOCCOCCOCCOCCOCCOCCOCCNC(=O)CCN4C(=O)CC(C)C4=O)C(C)C)cc3)=CN1C2=O. The Balaban J connectivity index is 0.0000134. The van der Waals surface area contributed by atoms with E-state index >= 15 is 0 Å². The third kappa shape index (κ3) is 23.8. The predicted molar refractivity (Wildman–Crippen MR) is 386 cm³/mol. The van der Waals surface area contributed by atoms with Gasteiger partial charge in [0.15, 0.2) is 28.8 Å². The van der Waals surface area contributed by atoms with Crippen molar-refractivity contribution in [1.82, 2.24) is 25.3 Å². The Hall–Kier alpha value is -8.44. The van der Waals surface area contributed by atoms with Crippen LogP contribution < -0.4 is 34.9 Å². The van der Waals surface area contributed by atoms with E-state index in [1.807, 2.05) is 44.6 Å². The average Bonchev–Trinajstić information content (AvgIpc) is 1.66. The highest BCUT2D eigenvalue weighted by molar-refractivity contribution is 6.07. The number of fused-ring (bicyclic) bond motifs is 4. The third-order valence-electron chi connectivity index (χ3n) is 18.2. The monoisotopic (exact) mass is 1430 g/mol. The molecule has 3 aromatic rings. The van der Waals surface area contributed by atoms with Crippen molar-refractivity contribution in [2.24, 2.45) is 33.7 Å². The first-order chi connectivity index (χ1) is 49.5. The van der Waals surface area contributed by atoms with Gasteiger partial charge in [0.2, 0.25) is 29.5 Å². The van der Waals surface area contributed by atoms with Crippen LogP contribution in [0.2, 0.25) is 0 Å². The van der Waals surface area contributed by atoms with Crippen LogP contribution in [-0.2, 0) is 61.9 Å². The summed E-state index contributed by atoms with van der Waals surface area (Å²) in [7, 11) is 3.06. The molecule has 562 valence electrons. The van der Waals surface area contributed by atoms with Gasteiger partial charge in [-0.2, -0.15) is 0 Å². The number of carbonyl (C=O) groups is 8. The van der Waals surface area contributed by atoms with Gasteiger partial charge in [-0.1, -0.05) is 53.7 Å². The molecule has 7 amide bonds. The van der Waals surface area contributed by atoms with Crippen LogP contribution in [0.25, 0.3) is 5.57 Å². The van der Waals surface area contributed by atoms with Crippen LogP contribution in [-0.4, -0.2) is 225 Å². The topological polar surface area (TPSA) is 309 Å². The summed E-state index contributed by atoms with van der Waals surface area (Å²) in [5, 5.41) is 8.55. The molecule has 1 aliphatic carbocycles. The number of anilines is 1. The molecule has 103 heavy (non-hydrogen) atoms. The highest BCUT2D eigenvalue weighted by atomic mass is 16.6. The summed E-state index contributed by atoms with van der Waals surface area (Å²) in [6, 6.07) is 13.0. The van der Waals surface area contributed by atoms with Crippen LogP contribution in [0.4, 0.5) is 17.1 Å². The number of methoxy groups -OCH3 is 2. The van der Waals surface area contributed by atoms with Crippen molar-refractivity contribution in [1.29, 1.82) is 0 Å². The smallest absolute Gasteiger partial charge is 0.260 e. The molecule has 2 unspecified atom stereocenters. The molecule has 0 spiro atoms. The minimum atomic E-state index is -0.731. The normalized spacial score (nSPS) is 17.9. The van der Waals surface area contributed by atoms with Gasteiger partial charge >= 0.3 is 0 Å². The maximum Gasteiger partial charge on any atom is 0.260 e. The van der Waals surface area contributed by atoms with Gasteiger partial charge in [-0.05, 0) is 84.9 Å². The number of amides is 7. The van der Waals surface area contributed by atoms with E-state index in [4.69, 9.17) is 62.1 Å². The molecule has 6 aliphatic rings. The third-order valence-corrected chi connectivity index (χ3v) is 18.2. The zero-order valence-corrected chi connectivity index (χ0v) is 59.7. The summed E-state index contributed by atoms with van der Waals surface area (Å²) in [6.07, 6.45) is 14.3. The fourth-order valence-corrected chi connectivity index (χ4v) is 12.3. The molecule has 9 rings (SSSR count). The minimum absolute atomic E-state index is 0. The van der Waals surface area contributed by atoms with E-state index in [1.54, 1.807) is 73.4 Å². The first-order valence-electron chi connectivity index (χ1n) is 35.7. The first kappa shape index (κ1) is 80.2. The lowest BCUT2D eigenvalue weighted by molar-refractivity contribution is -0.139. The van der Waals surface area contributed by atoms with Crippen molar-refractivity contribution < 1.29 is 90.5 Å². The number of hydrogen-bond acceptors (Lipinski definition) is 21. The van der Waals surface area contributed by atoms with Gasteiger partial charge in [0.25, 0.3) is 11.8 Å². The Morgan fingerprint density at radius 3 is 1.61 bits per heavy atom. The maximum absolute atomic E-state index is 14.2. The van der Waals surface area contributed by atoms with E-state index in [9.17, 15) is 38.4 Å². The summed E-state index contributed by atoms with van der Waals surface area (Å²) in [6.45, 7) is 13.9. The maximum atomic E-state index is 14.2. The highest BCUT2D eigenvalue weighted by Gasteiger charge is 2.39. The van der Waals surface area contributed by atoms with Crippen LogP contribution in [0, 0.1) is 23.7 Å². The van der Waals surface area contributed by atoms with Crippen molar-refractivity contribution in [3.05, 3.63) is 83.2 Å². The number of Topliss-reactive ketones (excluding diaryl/α,β-unsaturated/α-hetero) is 1. The van der Waals surface area contributed by atoms with Crippen LogP contribution >= 0.6 is 0 Å². The van der Waals surface area contributed by atoms with E-state index in [1.165, 1.54) is 25.5 Å². The fourth-order valence-electron chi connectivity index (χ4n) is 12.3. The van der Waals surface area contributed by atoms with Crippen molar-refractivity contribution >= 4 is 82.2 Å². The van der Waals surface area contributed by atoms with Crippen molar-refractivity contribution in [2.75, 3.05) is 138 Å². The molecule has 2 fully saturated rings. The van der Waals surface area contributed by atoms with E-state index < -0.39 is 12.0 Å². The Kier molecular flexibility index (Phi) is 32.1. The summed E-state index contributed by atoms with van der Waals surface area (Å²) in [5.74, 6) is -0.667. The van der Waals surface area contributed by atoms with Gasteiger partial charge in [-0.3, -0.25) is 53.2 Å². The summed E-state index contributed by atoms with van der Waals surface area (Å²) in [5.41, 5.74) is 5.47. The quantitative estimate of drug-likeness (QED) is 0.0352. The van der Waals surface area contributed by atoms with Gasteiger partial charge in [-0.25, -0.2) is 0 Å². The first-order valence-corrected chi connectivity index (χ1v) is 35.7. The lowest BCUT2D eigenvalue weighted by Crippen LogP contribution is -2.45. The number of unbranched alkanes of at least 4 members (excludes halogenated alkanes) is 2. The van der Waals surface area contributed by atoms with E-state index in [0.29, 0.717) is 175 Å². The number of carbonyl (C=O) groups excluding carboxylic acids is 8. The van der Waals surface area contributed by atoms with E-state index in [-0.39, 0.29) is 124 Å². The van der Waals surface area contributed by atoms with Crippen LogP contribution in [0.15, 0.2) is 76.5 Å².